The van der Waals surface area contributed by atoms with Crippen LogP contribution in [0.3, 0.4) is 0 Å². The van der Waals surface area contributed by atoms with Gasteiger partial charge in [-0.05, 0) is 63.8 Å². The van der Waals surface area contributed by atoms with Crippen LogP contribution in [0.1, 0.15) is 19.3 Å². The molecule has 4 aromatic rings. The van der Waals surface area contributed by atoms with Gasteiger partial charge in [0.1, 0.15) is 0 Å². The first-order valence-electron chi connectivity index (χ1n) is 11.6. The van der Waals surface area contributed by atoms with E-state index in [1.807, 2.05) is 24.3 Å². The molecule has 0 radical (unpaired) electrons. The van der Waals surface area contributed by atoms with Crippen LogP contribution in [0.15, 0.2) is 109 Å². The lowest BCUT2D eigenvalue weighted by molar-refractivity contribution is 0.782. The number of anilines is 2. The molecule has 4 heteroatoms. The van der Waals surface area contributed by atoms with Crippen molar-refractivity contribution in [3.63, 3.8) is 0 Å². The first-order valence-corrected chi connectivity index (χ1v) is 14.6. The Morgan fingerprint density at radius 1 is 0.424 bits per heavy atom. The van der Waals surface area contributed by atoms with Gasteiger partial charge in [-0.3, -0.25) is 0 Å². The normalized spacial score (nSPS) is 12.8. The fourth-order valence-electron chi connectivity index (χ4n) is 4.18. The smallest absolute Gasteiger partial charge is 0.0395 e. The molecule has 4 N–H and O–H groups in total. The first kappa shape index (κ1) is 23.5. The molecule has 0 bridgehead atoms. The topological polar surface area (TPSA) is 52.0 Å². The van der Waals surface area contributed by atoms with Crippen molar-refractivity contribution in [3.05, 3.63) is 109 Å². The number of nitrogens with two attached hydrogens (primary N) is 2. The summed E-state index contributed by atoms with van der Waals surface area (Å²) in [5.74, 6) is 0. The predicted octanol–water partition coefficient (Wildman–Crippen LogP) is 5.59. The standard InChI is InChI=1S/C29H32N2P2/c30-26-18-8-10-20-28(26)32(24-14-4-1-5-15-24)22-12-3-13-23-33(25-16-6-2-7-17-25)29-21-11-9-19-27(29)31/h1-2,4-11,14-21H,3,12-13,22-23,30-31H2. The second-order valence-corrected chi connectivity index (χ2v) is 12.8. The van der Waals surface area contributed by atoms with E-state index >= 15 is 0 Å². The van der Waals surface area contributed by atoms with Gasteiger partial charge in [-0.25, -0.2) is 0 Å². The van der Waals surface area contributed by atoms with Gasteiger partial charge >= 0.3 is 0 Å². The summed E-state index contributed by atoms with van der Waals surface area (Å²) < 4.78 is 0. The number of benzene rings is 4. The predicted molar refractivity (Wildman–Crippen MR) is 151 cm³/mol. The second kappa shape index (κ2) is 12.0. The van der Waals surface area contributed by atoms with Crippen LogP contribution in [-0.2, 0) is 0 Å². The maximum atomic E-state index is 6.38. The fourth-order valence-corrected chi connectivity index (χ4v) is 9.18. The molecule has 0 saturated heterocycles. The summed E-state index contributed by atoms with van der Waals surface area (Å²) in [5.41, 5.74) is 14.6. The maximum absolute atomic E-state index is 6.38. The Morgan fingerprint density at radius 3 is 1.18 bits per heavy atom. The minimum atomic E-state index is -0.436. The van der Waals surface area contributed by atoms with Crippen molar-refractivity contribution in [1.82, 2.24) is 0 Å². The van der Waals surface area contributed by atoms with Gasteiger partial charge in [0.15, 0.2) is 0 Å². The zero-order chi connectivity index (χ0) is 22.9. The Labute approximate surface area is 200 Å². The summed E-state index contributed by atoms with van der Waals surface area (Å²) in [7, 11) is -0.872. The van der Waals surface area contributed by atoms with E-state index in [0.717, 1.165) is 11.4 Å². The zero-order valence-corrected chi connectivity index (χ0v) is 20.8. The van der Waals surface area contributed by atoms with E-state index in [1.165, 1.54) is 52.8 Å². The molecule has 0 aliphatic rings. The van der Waals surface area contributed by atoms with Gasteiger partial charge in [0, 0.05) is 22.0 Å². The molecule has 0 saturated carbocycles. The largest absolute Gasteiger partial charge is 0.398 e. The highest BCUT2D eigenvalue weighted by atomic mass is 31.1. The van der Waals surface area contributed by atoms with Gasteiger partial charge in [0.05, 0.1) is 0 Å². The van der Waals surface area contributed by atoms with Crippen molar-refractivity contribution in [3.8, 4) is 0 Å². The van der Waals surface area contributed by atoms with Crippen molar-refractivity contribution in [2.24, 2.45) is 0 Å². The van der Waals surface area contributed by atoms with Crippen LogP contribution < -0.4 is 32.7 Å². The monoisotopic (exact) mass is 470 g/mol. The fraction of sp³-hybridized carbons (Fsp3) is 0.172. The number of hydrogen-bond acceptors (Lipinski definition) is 2. The first-order chi connectivity index (χ1) is 16.2. The van der Waals surface area contributed by atoms with Crippen molar-refractivity contribution in [1.29, 1.82) is 0 Å². The third kappa shape index (κ3) is 6.23. The molecular formula is C29H32N2P2. The second-order valence-electron chi connectivity index (χ2n) is 8.15. The lowest BCUT2D eigenvalue weighted by atomic mass is 10.3. The van der Waals surface area contributed by atoms with Crippen LogP contribution in [-0.4, -0.2) is 12.3 Å². The molecule has 0 amide bonds. The Morgan fingerprint density at radius 2 is 0.788 bits per heavy atom. The number of unbranched alkanes of at least 4 members (excludes halogenated alkanes) is 2. The Hall–Kier alpha value is -2.66. The Balaban J connectivity index is 1.42. The molecule has 4 rings (SSSR count). The highest BCUT2D eigenvalue weighted by molar-refractivity contribution is 7.73. The van der Waals surface area contributed by atoms with Crippen molar-refractivity contribution >= 4 is 48.4 Å². The SMILES string of the molecule is Nc1ccccc1P(CCCCCP(c1ccccc1)c1ccccc1N)c1ccccc1. The molecule has 0 heterocycles. The summed E-state index contributed by atoms with van der Waals surface area (Å²) >= 11 is 0. The van der Waals surface area contributed by atoms with E-state index in [0.29, 0.717) is 0 Å². The molecular weight excluding hydrogens is 438 g/mol. The molecule has 0 fully saturated rings. The molecule has 4 aromatic carbocycles. The van der Waals surface area contributed by atoms with Crippen molar-refractivity contribution in [2.75, 3.05) is 23.8 Å². The third-order valence-electron chi connectivity index (χ3n) is 5.85. The quantitative estimate of drug-likeness (QED) is 0.180. The lowest BCUT2D eigenvalue weighted by Gasteiger charge is -2.22. The van der Waals surface area contributed by atoms with E-state index in [9.17, 15) is 0 Å². The summed E-state index contributed by atoms with van der Waals surface area (Å²) in [6.45, 7) is 0. The van der Waals surface area contributed by atoms with Gasteiger partial charge in [0.2, 0.25) is 0 Å². The van der Waals surface area contributed by atoms with Crippen LogP contribution in [0.4, 0.5) is 11.4 Å². The molecule has 2 nitrogen and oxygen atoms in total. The average Bonchev–Trinajstić information content (AvgIpc) is 2.86. The number of para-hydroxylation sites is 2. The summed E-state index contributed by atoms with van der Waals surface area (Å²) in [5, 5.41) is 5.44. The highest BCUT2D eigenvalue weighted by Gasteiger charge is 2.17. The molecule has 33 heavy (non-hydrogen) atoms. The molecule has 0 spiro atoms. The number of hydrogen-bond donors (Lipinski definition) is 2. The molecule has 0 aliphatic heterocycles. The van der Waals surface area contributed by atoms with E-state index in [4.69, 9.17) is 11.5 Å². The molecule has 168 valence electrons. The van der Waals surface area contributed by atoms with Gasteiger partial charge in [-0.2, -0.15) is 0 Å². The Bertz CT molecular complexity index is 1040. The number of nitrogen functional groups attached to an aromatic ring is 2. The van der Waals surface area contributed by atoms with E-state index in [-0.39, 0.29) is 0 Å². The summed E-state index contributed by atoms with van der Waals surface area (Å²) in [4.78, 5) is 0. The van der Waals surface area contributed by atoms with E-state index < -0.39 is 15.8 Å². The third-order valence-corrected chi connectivity index (χ3v) is 11.2. The van der Waals surface area contributed by atoms with Gasteiger partial charge in [-0.1, -0.05) is 103 Å². The van der Waals surface area contributed by atoms with E-state index in [1.54, 1.807) is 0 Å². The minimum Gasteiger partial charge on any atom is -0.398 e. The van der Waals surface area contributed by atoms with Gasteiger partial charge < -0.3 is 11.5 Å². The van der Waals surface area contributed by atoms with Gasteiger partial charge in [-0.15, -0.1) is 0 Å². The Kier molecular flexibility index (Phi) is 8.53. The number of rotatable bonds is 10. The van der Waals surface area contributed by atoms with E-state index in [2.05, 4.69) is 84.9 Å². The molecule has 0 aromatic heterocycles. The van der Waals surface area contributed by atoms with Crippen molar-refractivity contribution < 1.29 is 0 Å². The van der Waals surface area contributed by atoms with Crippen molar-refractivity contribution in [2.45, 2.75) is 19.3 Å². The summed E-state index contributed by atoms with van der Waals surface area (Å²) in [6.07, 6.45) is 5.97. The van der Waals surface area contributed by atoms with Crippen LogP contribution >= 0.6 is 15.8 Å². The van der Waals surface area contributed by atoms with Crippen LogP contribution in [0.25, 0.3) is 0 Å². The molecule has 2 atom stereocenters. The highest BCUT2D eigenvalue weighted by Crippen LogP contribution is 2.39. The summed E-state index contributed by atoms with van der Waals surface area (Å²) in [6, 6.07) is 38.5. The minimum absolute atomic E-state index is 0.436. The van der Waals surface area contributed by atoms with Crippen LogP contribution in [0.2, 0.25) is 0 Å². The van der Waals surface area contributed by atoms with Crippen LogP contribution in [0.5, 0.6) is 0 Å². The van der Waals surface area contributed by atoms with Gasteiger partial charge in [0.25, 0.3) is 0 Å². The lowest BCUT2D eigenvalue weighted by Crippen LogP contribution is -2.18. The zero-order valence-electron chi connectivity index (χ0n) is 19.0. The maximum Gasteiger partial charge on any atom is 0.0395 e. The van der Waals surface area contributed by atoms with Crippen LogP contribution in [0, 0.1) is 0 Å². The molecule has 2 unspecified atom stereocenters. The average molecular weight is 471 g/mol. The molecule has 0 aliphatic carbocycles.